The average Bonchev–Trinajstić information content (AvgIpc) is 2.72. The lowest BCUT2D eigenvalue weighted by Gasteiger charge is -1.97. The van der Waals surface area contributed by atoms with Gasteiger partial charge in [0.05, 0.1) is 10.5 Å². The Morgan fingerprint density at radius 2 is 2.18 bits per heavy atom. The van der Waals surface area contributed by atoms with E-state index in [0.29, 0.717) is 16.5 Å². The molecule has 0 aromatic carbocycles. The van der Waals surface area contributed by atoms with E-state index in [1.165, 1.54) is 0 Å². The molecule has 3 aromatic rings. The molecule has 0 saturated heterocycles. The largest absolute Gasteiger partial charge is 0.336 e. The zero-order chi connectivity index (χ0) is 11.8. The summed E-state index contributed by atoms with van der Waals surface area (Å²) in [4.78, 5) is 15.7. The molecule has 0 amide bonds. The van der Waals surface area contributed by atoms with Gasteiger partial charge >= 0.3 is 0 Å². The van der Waals surface area contributed by atoms with Crippen LogP contribution in [0.5, 0.6) is 0 Å². The summed E-state index contributed by atoms with van der Waals surface area (Å²) >= 11 is 9.43. The van der Waals surface area contributed by atoms with Crippen molar-refractivity contribution in [1.82, 2.24) is 19.9 Å². The molecule has 6 heteroatoms. The first-order valence-electron chi connectivity index (χ1n) is 4.85. The second-order valence-electron chi connectivity index (χ2n) is 3.47. The number of fused-ring (bicyclic) bond motifs is 1. The van der Waals surface area contributed by atoms with Crippen molar-refractivity contribution in [1.29, 1.82) is 0 Å². The normalized spacial score (nSPS) is 10.9. The van der Waals surface area contributed by atoms with Crippen LogP contribution in [0.25, 0.3) is 22.6 Å². The Bertz CT molecular complexity index is 695. The Morgan fingerprint density at radius 1 is 1.29 bits per heavy atom. The molecule has 3 aromatic heterocycles. The summed E-state index contributed by atoms with van der Waals surface area (Å²) in [6, 6.07) is 3.74. The lowest BCUT2D eigenvalue weighted by atomic mass is 10.2. The van der Waals surface area contributed by atoms with Crippen molar-refractivity contribution in [2.45, 2.75) is 0 Å². The van der Waals surface area contributed by atoms with E-state index in [-0.39, 0.29) is 0 Å². The standard InChI is InChI=1S/C11H6BrClN4/c12-6-3-9-11(15-4-6)17-10(16-9)7-1-2-14-5-8(7)13/h1-5H,(H,15,16,17). The van der Waals surface area contributed by atoms with Gasteiger partial charge in [0.25, 0.3) is 0 Å². The van der Waals surface area contributed by atoms with Crippen LogP contribution in [0.1, 0.15) is 0 Å². The number of H-pyrrole nitrogens is 1. The van der Waals surface area contributed by atoms with Gasteiger partial charge in [0, 0.05) is 28.6 Å². The van der Waals surface area contributed by atoms with E-state index in [1.807, 2.05) is 12.1 Å². The molecule has 0 spiro atoms. The van der Waals surface area contributed by atoms with Crippen molar-refractivity contribution >= 4 is 38.7 Å². The molecule has 0 radical (unpaired) electrons. The minimum atomic E-state index is 0.561. The van der Waals surface area contributed by atoms with Crippen LogP contribution in [0.4, 0.5) is 0 Å². The van der Waals surface area contributed by atoms with Crippen molar-refractivity contribution in [3.05, 3.63) is 40.2 Å². The highest BCUT2D eigenvalue weighted by atomic mass is 79.9. The zero-order valence-electron chi connectivity index (χ0n) is 8.48. The number of rotatable bonds is 1. The molecule has 0 fully saturated rings. The molecule has 17 heavy (non-hydrogen) atoms. The molecule has 0 aliphatic rings. The molecule has 84 valence electrons. The van der Waals surface area contributed by atoms with Gasteiger partial charge in [-0.05, 0) is 28.1 Å². The molecule has 3 heterocycles. The number of nitrogens with zero attached hydrogens (tertiary/aromatic N) is 3. The first kappa shape index (κ1) is 10.7. The maximum absolute atomic E-state index is 6.07. The number of aromatic nitrogens is 4. The number of halogens is 2. The maximum Gasteiger partial charge on any atom is 0.178 e. The van der Waals surface area contributed by atoms with Crippen LogP contribution in [-0.2, 0) is 0 Å². The third-order valence-electron chi connectivity index (χ3n) is 2.33. The predicted molar refractivity (Wildman–Crippen MR) is 69.8 cm³/mol. The van der Waals surface area contributed by atoms with Crippen LogP contribution in [0, 0.1) is 0 Å². The Morgan fingerprint density at radius 3 is 3.00 bits per heavy atom. The number of nitrogens with one attached hydrogen (secondary N) is 1. The van der Waals surface area contributed by atoms with Gasteiger partial charge in [0.2, 0.25) is 0 Å². The summed E-state index contributed by atoms with van der Waals surface area (Å²) in [6.45, 7) is 0. The van der Waals surface area contributed by atoms with Crippen molar-refractivity contribution in [3.63, 3.8) is 0 Å². The quantitative estimate of drug-likeness (QED) is 0.749. The van der Waals surface area contributed by atoms with E-state index in [2.05, 4.69) is 35.9 Å². The highest BCUT2D eigenvalue weighted by Gasteiger charge is 2.09. The zero-order valence-corrected chi connectivity index (χ0v) is 10.8. The molecule has 0 atom stereocenters. The number of pyridine rings is 2. The summed E-state index contributed by atoms with van der Waals surface area (Å²) in [5.74, 6) is 0.693. The maximum atomic E-state index is 6.07. The second kappa shape index (κ2) is 4.09. The fourth-order valence-electron chi connectivity index (χ4n) is 1.57. The summed E-state index contributed by atoms with van der Waals surface area (Å²) in [5.41, 5.74) is 2.34. The molecule has 1 N–H and O–H groups in total. The molecular weight excluding hydrogens is 304 g/mol. The Hall–Kier alpha value is -1.46. The number of imidazole rings is 1. The molecule has 3 rings (SSSR count). The van der Waals surface area contributed by atoms with E-state index in [1.54, 1.807) is 18.6 Å². The summed E-state index contributed by atoms with van der Waals surface area (Å²) in [7, 11) is 0. The molecule has 0 aliphatic carbocycles. The molecule has 0 unspecified atom stereocenters. The van der Waals surface area contributed by atoms with Gasteiger partial charge in [-0.25, -0.2) is 9.97 Å². The van der Waals surface area contributed by atoms with Crippen LogP contribution in [0.3, 0.4) is 0 Å². The van der Waals surface area contributed by atoms with E-state index in [0.717, 1.165) is 15.6 Å². The summed E-state index contributed by atoms with van der Waals surface area (Å²) in [5, 5.41) is 0.561. The van der Waals surface area contributed by atoms with E-state index in [9.17, 15) is 0 Å². The summed E-state index contributed by atoms with van der Waals surface area (Å²) < 4.78 is 0.904. The van der Waals surface area contributed by atoms with Crippen molar-refractivity contribution in [2.75, 3.05) is 0 Å². The Kier molecular flexibility index (Phi) is 2.57. The minimum Gasteiger partial charge on any atom is -0.336 e. The Balaban J connectivity index is 2.22. The van der Waals surface area contributed by atoms with Gasteiger partial charge in [-0.15, -0.1) is 0 Å². The number of aromatic amines is 1. The first-order valence-corrected chi connectivity index (χ1v) is 6.02. The lowest BCUT2D eigenvalue weighted by molar-refractivity contribution is 1.27. The van der Waals surface area contributed by atoms with E-state index < -0.39 is 0 Å². The van der Waals surface area contributed by atoms with Crippen LogP contribution in [-0.4, -0.2) is 19.9 Å². The first-order chi connectivity index (χ1) is 8.24. The SMILES string of the molecule is Clc1cnccc1-c1nc2ncc(Br)cc2[nH]1. The van der Waals surface area contributed by atoms with Crippen molar-refractivity contribution in [3.8, 4) is 11.4 Å². The fourth-order valence-corrected chi connectivity index (χ4v) is 2.11. The third kappa shape index (κ3) is 1.92. The molecule has 0 aliphatic heterocycles. The monoisotopic (exact) mass is 308 g/mol. The number of hydrogen-bond acceptors (Lipinski definition) is 3. The second-order valence-corrected chi connectivity index (χ2v) is 4.79. The average molecular weight is 310 g/mol. The van der Waals surface area contributed by atoms with E-state index >= 15 is 0 Å². The molecule has 0 saturated carbocycles. The van der Waals surface area contributed by atoms with Crippen LogP contribution in [0.2, 0.25) is 5.02 Å². The minimum absolute atomic E-state index is 0.561. The topological polar surface area (TPSA) is 54.5 Å². The Labute approximate surface area is 110 Å². The molecule has 4 nitrogen and oxygen atoms in total. The highest BCUT2D eigenvalue weighted by molar-refractivity contribution is 9.10. The van der Waals surface area contributed by atoms with Crippen LogP contribution in [0.15, 0.2) is 35.2 Å². The predicted octanol–water partition coefficient (Wildman–Crippen LogP) is 3.44. The van der Waals surface area contributed by atoms with Gasteiger partial charge in [0.1, 0.15) is 5.82 Å². The third-order valence-corrected chi connectivity index (χ3v) is 3.07. The van der Waals surface area contributed by atoms with Crippen LogP contribution < -0.4 is 0 Å². The summed E-state index contributed by atoms with van der Waals surface area (Å²) in [6.07, 6.45) is 4.98. The van der Waals surface area contributed by atoms with Gasteiger partial charge in [0.15, 0.2) is 5.65 Å². The smallest absolute Gasteiger partial charge is 0.178 e. The van der Waals surface area contributed by atoms with Gasteiger partial charge in [-0.2, -0.15) is 0 Å². The van der Waals surface area contributed by atoms with Crippen molar-refractivity contribution in [2.24, 2.45) is 0 Å². The molecule has 0 bridgehead atoms. The van der Waals surface area contributed by atoms with E-state index in [4.69, 9.17) is 11.6 Å². The molecular formula is C11H6BrClN4. The van der Waals surface area contributed by atoms with Crippen LogP contribution >= 0.6 is 27.5 Å². The number of hydrogen-bond donors (Lipinski definition) is 1. The van der Waals surface area contributed by atoms with Gasteiger partial charge in [-0.1, -0.05) is 11.6 Å². The highest BCUT2D eigenvalue weighted by Crippen LogP contribution is 2.26. The van der Waals surface area contributed by atoms with Gasteiger partial charge < -0.3 is 4.98 Å². The van der Waals surface area contributed by atoms with Crippen molar-refractivity contribution < 1.29 is 0 Å². The lowest BCUT2D eigenvalue weighted by Crippen LogP contribution is -1.82. The van der Waals surface area contributed by atoms with Gasteiger partial charge in [-0.3, -0.25) is 4.98 Å². The fraction of sp³-hybridized carbons (Fsp3) is 0.